The third-order valence-electron chi connectivity index (χ3n) is 5.79. The molecule has 4 rings (SSSR count). The Labute approximate surface area is 235 Å². The van der Waals surface area contributed by atoms with Crippen molar-refractivity contribution in [1.82, 2.24) is 0 Å². The monoisotopic (exact) mass is 612 g/mol. The van der Waals surface area contributed by atoms with Crippen molar-refractivity contribution in [1.29, 1.82) is 0 Å². The van der Waals surface area contributed by atoms with Crippen molar-refractivity contribution in [3.63, 3.8) is 0 Å². The minimum Gasteiger partial charge on any atom is -0.485 e. The van der Waals surface area contributed by atoms with Gasteiger partial charge in [0.25, 0.3) is 10.0 Å². The van der Waals surface area contributed by atoms with E-state index in [-0.39, 0.29) is 22.0 Å². The van der Waals surface area contributed by atoms with Gasteiger partial charge in [0.05, 0.1) is 33.3 Å². The molecule has 0 fully saturated rings. The highest BCUT2D eigenvalue weighted by Gasteiger charge is 2.38. The van der Waals surface area contributed by atoms with Gasteiger partial charge in [-0.15, -0.1) is 0 Å². The van der Waals surface area contributed by atoms with Gasteiger partial charge in [0.15, 0.2) is 9.84 Å². The molecule has 9 nitrogen and oxygen atoms in total. The normalized spacial score (nSPS) is 16.0. The van der Waals surface area contributed by atoms with E-state index in [0.29, 0.717) is 6.07 Å². The number of hydrogen-bond donors (Lipinski definition) is 1. The van der Waals surface area contributed by atoms with E-state index >= 15 is 0 Å². The number of carbonyl (C=O) groups excluding carboxylic acids is 1. The van der Waals surface area contributed by atoms with Crippen LogP contribution in [0.5, 0.6) is 5.75 Å². The maximum atomic E-state index is 13.8. The van der Waals surface area contributed by atoms with Crippen LogP contribution in [0.25, 0.3) is 0 Å². The molecule has 0 saturated heterocycles. The van der Waals surface area contributed by atoms with Gasteiger partial charge in [-0.1, -0.05) is 24.3 Å². The van der Waals surface area contributed by atoms with Crippen LogP contribution in [0.4, 0.5) is 29.3 Å². The lowest BCUT2D eigenvalue weighted by Gasteiger charge is -2.35. The summed E-state index contributed by atoms with van der Waals surface area (Å²) in [6.07, 6.45) is -6.84. The fourth-order valence-corrected chi connectivity index (χ4v) is 7.03. The average Bonchev–Trinajstić information content (AvgIpc) is 2.87. The number of sulfonamides is 1. The SMILES string of the molecule is CC(C)(C)OC(=O)Nc1ccc2c(c1)N(S(=O)(=O)c1cccc(C(F)(F)F)c1)CC(CS(=O)(=O)c1ccccc1)O2. The van der Waals surface area contributed by atoms with Crippen molar-refractivity contribution in [2.75, 3.05) is 21.9 Å². The summed E-state index contributed by atoms with van der Waals surface area (Å²) >= 11 is 0. The second kappa shape index (κ2) is 10.9. The number of halogens is 3. The zero-order valence-electron chi connectivity index (χ0n) is 22.2. The molecule has 0 saturated carbocycles. The summed E-state index contributed by atoms with van der Waals surface area (Å²) in [5.41, 5.74) is -1.99. The Kier molecular flexibility index (Phi) is 8.02. The van der Waals surface area contributed by atoms with Gasteiger partial charge >= 0.3 is 12.3 Å². The lowest BCUT2D eigenvalue weighted by Crippen LogP contribution is -2.46. The second-order valence-electron chi connectivity index (χ2n) is 10.2. The first-order chi connectivity index (χ1) is 19.0. The number of anilines is 2. The van der Waals surface area contributed by atoms with Crippen LogP contribution in [-0.4, -0.2) is 46.9 Å². The third-order valence-corrected chi connectivity index (χ3v) is 9.37. The minimum atomic E-state index is -4.80. The number of benzene rings is 3. The number of rotatable bonds is 6. The Bertz CT molecular complexity index is 1650. The van der Waals surface area contributed by atoms with Gasteiger partial charge in [0.1, 0.15) is 17.5 Å². The number of fused-ring (bicyclic) bond motifs is 1. The smallest absolute Gasteiger partial charge is 0.416 e. The highest BCUT2D eigenvalue weighted by molar-refractivity contribution is 7.93. The first-order valence-corrected chi connectivity index (χ1v) is 15.3. The van der Waals surface area contributed by atoms with E-state index in [2.05, 4.69) is 5.32 Å². The van der Waals surface area contributed by atoms with Gasteiger partial charge in [0.2, 0.25) is 0 Å². The van der Waals surface area contributed by atoms with Crippen molar-refractivity contribution in [3.8, 4) is 5.75 Å². The minimum absolute atomic E-state index is 0.00130. The molecule has 3 aromatic carbocycles. The van der Waals surface area contributed by atoms with Gasteiger partial charge in [-0.2, -0.15) is 13.2 Å². The molecule has 0 aliphatic carbocycles. The molecule has 1 aliphatic heterocycles. The summed E-state index contributed by atoms with van der Waals surface area (Å²) in [5, 5.41) is 2.48. The fourth-order valence-electron chi connectivity index (χ4n) is 4.05. The van der Waals surface area contributed by atoms with Gasteiger partial charge in [0, 0.05) is 5.69 Å². The summed E-state index contributed by atoms with van der Waals surface area (Å²) in [6.45, 7) is 4.42. The molecule has 220 valence electrons. The van der Waals surface area contributed by atoms with Crippen LogP contribution >= 0.6 is 0 Å². The highest BCUT2D eigenvalue weighted by atomic mass is 32.2. The van der Waals surface area contributed by atoms with E-state index in [1.807, 2.05) is 0 Å². The summed E-state index contributed by atoms with van der Waals surface area (Å²) in [7, 11) is -8.60. The van der Waals surface area contributed by atoms with E-state index in [4.69, 9.17) is 9.47 Å². The van der Waals surface area contributed by atoms with Crippen LogP contribution in [-0.2, 0) is 30.8 Å². The average molecular weight is 613 g/mol. The quantitative estimate of drug-likeness (QED) is 0.392. The summed E-state index contributed by atoms with van der Waals surface area (Å²) in [5.74, 6) is -0.655. The van der Waals surface area contributed by atoms with Crippen molar-refractivity contribution in [2.24, 2.45) is 0 Å². The largest absolute Gasteiger partial charge is 0.485 e. The Morgan fingerprint density at radius 3 is 2.24 bits per heavy atom. The zero-order chi connectivity index (χ0) is 30.2. The summed E-state index contributed by atoms with van der Waals surface area (Å²) < 4.78 is 106. The molecule has 0 spiro atoms. The van der Waals surface area contributed by atoms with Gasteiger partial charge < -0.3 is 9.47 Å². The van der Waals surface area contributed by atoms with Gasteiger partial charge in [-0.3, -0.25) is 9.62 Å². The van der Waals surface area contributed by atoms with Crippen molar-refractivity contribution >= 4 is 37.3 Å². The highest BCUT2D eigenvalue weighted by Crippen LogP contribution is 2.40. The van der Waals surface area contributed by atoms with E-state index in [1.165, 1.54) is 42.5 Å². The molecular weight excluding hydrogens is 585 g/mol. The summed E-state index contributed by atoms with van der Waals surface area (Å²) in [6, 6.07) is 14.7. The maximum Gasteiger partial charge on any atom is 0.416 e. The Morgan fingerprint density at radius 2 is 1.61 bits per heavy atom. The third kappa shape index (κ3) is 7.11. The van der Waals surface area contributed by atoms with Crippen LogP contribution in [0, 0.1) is 0 Å². The standard InChI is InChI=1S/C27H27F3N2O7S2/c1-26(2,3)39-25(33)31-19-12-13-24-23(15-19)32(41(36,37)22-11-7-8-18(14-22)27(28,29)30)16-20(38-24)17-40(34,35)21-9-5-4-6-10-21/h4-15,20H,16-17H2,1-3H3,(H,31,33). The van der Waals surface area contributed by atoms with Crippen LogP contribution in [0.1, 0.15) is 26.3 Å². The van der Waals surface area contributed by atoms with Crippen molar-refractivity contribution in [3.05, 3.63) is 78.4 Å². The molecule has 0 bridgehead atoms. The van der Waals surface area contributed by atoms with Crippen molar-refractivity contribution in [2.45, 2.75) is 48.4 Å². The molecule has 1 amide bonds. The topological polar surface area (TPSA) is 119 Å². The number of carbonyl (C=O) groups is 1. The molecule has 0 aromatic heterocycles. The molecule has 1 atom stereocenters. The van der Waals surface area contributed by atoms with Crippen molar-refractivity contribution < 1.29 is 44.3 Å². The van der Waals surface area contributed by atoms with E-state index in [1.54, 1.807) is 26.8 Å². The lowest BCUT2D eigenvalue weighted by atomic mass is 10.2. The maximum absolute atomic E-state index is 13.8. The molecule has 1 aliphatic rings. The Hall–Kier alpha value is -3.78. The van der Waals surface area contributed by atoms with Crippen LogP contribution < -0.4 is 14.4 Å². The van der Waals surface area contributed by atoms with E-state index in [0.717, 1.165) is 22.5 Å². The molecule has 1 N–H and O–H groups in total. The van der Waals surface area contributed by atoms with Gasteiger partial charge in [-0.25, -0.2) is 21.6 Å². The van der Waals surface area contributed by atoms with Crippen LogP contribution in [0.3, 0.4) is 0 Å². The lowest BCUT2D eigenvalue weighted by molar-refractivity contribution is -0.137. The molecule has 14 heteroatoms. The van der Waals surface area contributed by atoms with E-state index in [9.17, 15) is 34.8 Å². The number of sulfone groups is 1. The first kappa shape index (κ1) is 30.2. The number of amides is 1. The number of nitrogens with one attached hydrogen (secondary N) is 1. The second-order valence-corrected chi connectivity index (χ2v) is 14.1. The van der Waals surface area contributed by atoms with E-state index < -0.39 is 66.6 Å². The molecule has 3 aromatic rings. The summed E-state index contributed by atoms with van der Waals surface area (Å²) in [4.78, 5) is 11.6. The fraction of sp³-hybridized carbons (Fsp3) is 0.296. The molecule has 0 radical (unpaired) electrons. The van der Waals surface area contributed by atoms with Crippen LogP contribution in [0.2, 0.25) is 0 Å². The number of alkyl halides is 3. The molecule has 1 heterocycles. The van der Waals surface area contributed by atoms with Crippen LogP contribution in [0.15, 0.2) is 82.6 Å². The predicted octanol–water partition coefficient (Wildman–Crippen LogP) is 5.48. The zero-order valence-corrected chi connectivity index (χ0v) is 23.8. The molecular formula is C27H27F3N2O7S2. The number of nitrogens with zero attached hydrogens (tertiary/aromatic N) is 1. The number of ether oxygens (including phenoxy) is 2. The first-order valence-electron chi connectivity index (χ1n) is 12.2. The van der Waals surface area contributed by atoms with Gasteiger partial charge in [-0.05, 0) is 69.3 Å². The number of hydrogen-bond acceptors (Lipinski definition) is 7. The Balaban J connectivity index is 1.75. The Morgan fingerprint density at radius 1 is 0.951 bits per heavy atom. The predicted molar refractivity (Wildman–Crippen MR) is 145 cm³/mol. The molecule has 1 unspecified atom stereocenters. The molecule has 41 heavy (non-hydrogen) atoms.